The number of ketones is 1. The average Bonchev–Trinajstić information content (AvgIpc) is 3.38. The van der Waals surface area contributed by atoms with E-state index in [2.05, 4.69) is 13.0 Å². The molecule has 4 aliphatic rings. The lowest BCUT2D eigenvalue weighted by Crippen LogP contribution is -2.66. The maximum Gasteiger partial charge on any atom is 0.331 e. The van der Waals surface area contributed by atoms with Crippen molar-refractivity contribution >= 4 is 17.7 Å². The van der Waals surface area contributed by atoms with Gasteiger partial charge in [0, 0.05) is 48.5 Å². The van der Waals surface area contributed by atoms with E-state index in [0.29, 0.717) is 11.1 Å². The molecule has 0 aromatic rings. The van der Waals surface area contributed by atoms with Crippen molar-refractivity contribution in [2.75, 3.05) is 6.61 Å². The highest BCUT2D eigenvalue weighted by atomic mass is 16.6. The standard InChI is InChI=1S/C36H46O8/c1-7-8-9-10-11-12-13-14-15-16-17-18-29(39)43-32-24(3)35(42)27(30-33(5,6)36(30,32)44-25(4)38)20-26(22-37)21-34(41)28(35)19-23(2)31(34)40/h9-20,24,27-28,30,32,37,41-42H,7-8,21-22H2,1-6H3/b10-9+,12-11+,14-13+,16-15+,18-17+. The van der Waals surface area contributed by atoms with Gasteiger partial charge in [-0.05, 0) is 24.5 Å². The number of hydrogen-bond acceptors (Lipinski definition) is 8. The number of hydrogen-bond donors (Lipinski definition) is 3. The minimum atomic E-state index is -1.97. The predicted octanol–water partition coefficient (Wildman–Crippen LogP) is 4.63. The van der Waals surface area contributed by atoms with E-state index in [1.54, 1.807) is 44.2 Å². The van der Waals surface area contributed by atoms with Crippen molar-refractivity contribution in [2.24, 2.45) is 29.1 Å². The first-order valence-corrected chi connectivity index (χ1v) is 15.4. The first-order chi connectivity index (χ1) is 20.7. The van der Waals surface area contributed by atoms with E-state index in [0.717, 1.165) is 12.8 Å². The van der Waals surface area contributed by atoms with Crippen LogP contribution in [-0.2, 0) is 23.9 Å². The Kier molecular flexibility index (Phi) is 9.60. The van der Waals surface area contributed by atoms with Gasteiger partial charge < -0.3 is 24.8 Å². The molecule has 238 valence electrons. The maximum absolute atomic E-state index is 13.2. The summed E-state index contributed by atoms with van der Waals surface area (Å²) >= 11 is 0. The highest BCUT2D eigenvalue weighted by Gasteiger charge is 2.87. The van der Waals surface area contributed by atoms with Gasteiger partial charge in [-0.25, -0.2) is 4.79 Å². The van der Waals surface area contributed by atoms with Crippen molar-refractivity contribution in [2.45, 2.75) is 83.7 Å². The fourth-order valence-corrected chi connectivity index (χ4v) is 8.09. The van der Waals surface area contributed by atoms with Crippen molar-refractivity contribution in [1.29, 1.82) is 0 Å². The van der Waals surface area contributed by atoms with Crippen molar-refractivity contribution in [3.8, 4) is 0 Å². The van der Waals surface area contributed by atoms with Crippen LogP contribution in [0.2, 0.25) is 0 Å². The molecule has 0 aromatic carbocycles. The zero-order valence-corrected chi connectivity index (χ0v) is 26.5. The second-order valence-electron chi connectivity index (χ2n) is 13.1. The number of Topliss-reactive ketones (excluding diaryl/α,β-unsaturated/α-hetero) is 1. The second-order valence-corrected chi connectivity index (χ2v) is 13.1. The summed E-state index contributed by atoms with van der Waals surface area (Å²) in [5.41, 5.74) is -5.00. The molecule has 0 saturated heterocycles. The molecule has 8 nitrogen and oxygen atoms in total. The van der Waals surface area contributed by atoms with Crippen LogP contribution < -0.4 is 0 Å². The largest absolute Gasteiger partial charge is 0.455 e. The number of esters is 2. The van der Waals surface area contributed by atoms with Crippen LogP contribution in [0.25, 0.3) is 0 Å². The van der Waals surface area contributed by atoms with Gasteiger partial charge in [-0.1, -0.05) is 101 Å². The van der Waals surface area contributed by atoms with Crippen molar-refractivity contribution in [3.63, 3.8) is 0 Å². The summed E-state index contributed by atoms with van der Waals surface area (Å²) in [4.78, 5) is 38.9. The molecule has 0 amide bonds. The van der Waals surface area contributed by atoms with Crippen molar-refractivity contribution < 1.29 is 39.2 Å². The van der Waals surface area contributed by atoms with Crippen LogP contribution in [0.15, 0.2) is 84.1 Å². The molecule has 8 unspecified atom stereocenters. The third-order valence-corrected chi connectivity index (χ3v) is 10.1. The maximum atomic E-state index is 13.2. The number of aliphatic hydroxyl groups is 3. The molecule has 4 rings (SSSR count). The molecule has 0 spiro atoms. The fraction of sp³-hybridized carbons (Fsp3) is 0.528. The molecule has 2 saturated carbocycles. The predicted molar refractivity (Wildman–Crippen MR) is 167 cm³/mol. The quantitative estimate of drug-likeness (QED) is 0.142. The average molecular weight is 607 g/mol. The molecule has 2 fully saturated rings. The zero-order valence-electron chi connectivity index (χ0n) is 26.5. The molecule has 0 radical (unpaired) electrons. The second kappa shape index (κ2) is 12.6. The van der Waals surface area contributed by atoms with E-state index in [1.165, 1.54) is 13.0 Å². The Morgan fingerprint density at radius 1 is 1.02 bits per heavy atom. The topological polar surface area (TPSA) is 130 Å². The highest BCUT2D eigenvalue weighted by Crippen LogP contribution is 2.77. The van der Waals surface area contributed by atoms with Crippen LogP contribution in [0.4, 0.5) is 0 Å². The lowest BCUT2D eigenvalue weighted by molar-refractivity contribution is -0.226. The Balaban J connectivity index is 1.65. The summed E-state index contributed by atoms with van der Waals surface area (Å²) in [6, 6.07) is 0. The molecule has 4 aliphatic carbocycles. The first-order valence-electron chi connectivity index (χ1n) is 15.4. The highest BCUT2D eigenvalue weighted by molar-refractivity contribution is 6.04. The summed E-state index contributed by atoms with van der Waals surface area (Å²) in [7, 11) is 0. The Labute approximate surface area is 260 Å². The van der Waals surface area contributed by atoms with Crippen molar-refractivity contribution in [3.05, 3.63) is 84.1 Å². The van der Waals surface area contributed by atoms with Gasteiger partial charge in [0.1, 0.15) is 11.7 Å². The third kappa shape index (κ3) is 5.41. The molecule has 3 N–H and O–H groups in total. The Morgan fingerprint density at radius 2 is 1.64 bits per heavy atom. The van der Waals surface area contributed by atoms with Crippen LogP contribution in [-0.4, -0.2) is 62.6 Å². The minimum absolute atomic E-state index is 0.139. The van der Waals surface area contributed by atoms with Gasteiger partial charge in [0.2, 0.25) is 0 Å². The normalized spacial score (nSPS) is 37.7. The lowest BCUT2D eigenvalue weighted by Gasteiger charge is -2.53. The van der Waals surface area contributed by atoms with Gasteiger partial charge in [0.15, 0.2) is 11.4 Å². The molecule has 0 aliphatic heterocycles. The number of allylic oxidation sites excluding steroid dienone is 9. The summed E-state index contributed by atoms with van der Waals surface area (Å²) in [5, 5.41) is 34.7. The molecule has 0 bridgehead atoms. The van der Waals surface area contributed by atoms with Crippen LogP contribution >= 0.6 is 0 Å². The number of carbonyl (C=O) groups is 3. The summed E-state index contributed by atoms with van der Waals surface area (Å²) in [5.74, 6) is -4.88. The van der Waals surface area contributed by atoms with E-state index in [-0.39, 0.29) is 6.42 Å². The van der Waals surface area contributed by atoms with Crippen LogP contribution in [0.1, 0.15) is 60.8 Å². The third-order valence-electron chi connectivity index (χ3n) is 10.1. The van der Waals surface area contributed by atoms with Gasteiger partial charge in [-0.2, -0.15) is 0 Å². The first kappa shape index (κ1) is 33.6. The lowest BCUT2D eigenvalue weighted by atomic mass is 9.59. The Morgan fingerprint density at radius 3 is 2.23 bits per heavy atom. The van der Waals surface area contributed by atoms with Gasteiger partial charge in [0.05, 0.1) is 12.2 Å². The minimum Gasteiger partial charge on any atom is -0.455 e. The number of ether oxygens (including phenoxy) is 2. The van der Waals surface area contributed by atoms with E-state index in [1.807, 2.05) is 44.2 Å². The number of unbranched alkanes of at least 4 members (excludes halogenated alkanes) is 1. The number of aliphatic hydroxyl groups excluding tert-OH is 1. The van der Waals surface area contributed by atoms with Gasteiger partial charge in [0.25, 0.3) is 0 Å². The molecule has 8 atom stereocenters. The van der Waals surface area contributed by atoms with Gasteiger partial charge in [-0.15, -0.1) is 0 Å². The van der Waals surface area contributed by atoms with E-state index in [9.17, 15) is 29.7 Å². The summed E-state index contributed by atoms with van der Waals surface area (Å²) in [6.45, 7) is 10.1. The molecular weight excluding hydrogens is 560 g/mol. The smallest absolute Gasteiger partial charge is 0.331 e. The number of fused-ring (bicyclic) bond motifs is 5. The van der Waals surface area contributed by atoms with Gasteiger partial charge >= 0.3 is 11.9 Å². The molecular formula is C36H46O8. The van der Waals surface area contributed by atoms with Crippen LogP contribution in [0.5, 0.6) is 0 Å². The molecule has 0 heterocycles. The van der Waals surface area contributed by atoms with Gasteiger partial charge in [-0.3, -0.25) is 9.59 Å². The van der Waals surface area contributed by atoms with Crippen LogP contribution in [0.3, 0.4) is 0 Å². The zero-order chi connectivity index (χ0) is 32.5. The SMILES string of the molecule is CCC/C=C/C=C/C=C/C=C/C=C/C(=O)OC1C(C)C2(O)C(C=C(CO)CC3(O)C(=O)C(C)=CC32)C2C(C)(C)C12OC(C)=O. The molecule has 8 heteroatoms. The monoisotopic (exact) mass is 606 g/mol. The fourth-order valence-electron chi connectivity index (χ4n) is 8.09. The Bertz CT molecular complexity index is 1380. The van der Waals surface area contributed by atoms with E-state index >= 15 is 0 Å². The number of carbonyl (C=O) groups excluding carboxylic acids is 3. The molecule has 0 aromatic heterocycles. The van der Waals surface area contributed by atoms with E-state index < -0.39 is 76.3 Å². The van der Waals surface area contributed by atoms with E-state index in [4.69, 9.17) is 9.47 Å². The van der Waals surface area contributed by atoms with Crippen LogP contribution in [0, 0.1) is 29.1 Å². The Hall–Kier alpha value is -3.33. The van der Waals surface area contributed by atoms with Crippen molar-refractivity contribution in [1.82, 2.24) is 0 Å². The summed E-state index contributed by atoms with van der Waals surface area (Å²) < 4.78 is 12.1. The summed E-state index contributed by atoms with van der Waals surface area (Å²) in [6.07, 6.45) is 22.1. The molecule has 44 heavy (non-hydrogen) atoms. The number of rotatable bonds is 10.